The predicted octanol–water partition coefficient (Wildman–Crippen LogP) is 3.13. The molecule has 2 rings (SSSR count). The van der Waals surface area contributed by atoms with Crippen LogP contribution in [0, 0.1) is 0 Å². The van der Waals surface area contributed by atoms with Crippen LogP contribution >= 0.6 is 0 Å². The Morgan fingerprint density at radius 3 is 2.94 bits per heavy atom. The molecule has 0 aliphatic carbocycles. The molecule has 0 aliphatic heterocycles. The summed E-state index contributed by atoms with van der Waals surface area (Å²) < 4.78 is 5.59. The lowest BCUT2D eigenvalue weighted by molar-refractivity contribution is 0.0693. The second-order valence-corrected chi connectivity index (χ2v) is 3.78. The standard InChI is InChI=1S/C14H13NO3/c1-2-10-4-3-5-11(8-10)18-13-6-7-15-9-12(13)14(16)17/h3-9H,2H2,1H3,(H,16,17). The molecule has 0 saturated heterocycles. The first-order valence-electron chi connectivity index (χ1n) is 5.65. The molecule has 0 radical (unpaired) electrons. The number of pyridine rings is 1. The monoisotopic (exact) mass is 243 g/mol. The fourth-order valence-electron chi connectivity index (χ4n) is 1.59. The Morgan fingerprint density at radius 1 is 1.39 bits per heavy atom. The molecule has 0 atom stereocenters. The summed E-state index contributed by atoms with van der Waals surface area (Å²) in [6.45, 7) is 2.05. The summed E-state index contributed by atoms with van der Waals surface area (Å²) in [6.07, 6.45) is 3.69. The summed E-state index contributed by atoms with van der Waals surface area (Å²) in [7, 11) is 0. The van der Waals surface area contributed by atoms with Crippen molar-refractivity contribution in [2.45, 2.75) is 13.3 Å². The van der Waals surface area contributed by atoms with Crippen molar-refractivity contribution in [3.8, 4) is 11.5 Å². The number of rotatable bonds is 4. The Bertz CT molecular complexity index is 566. The van der Waals surface area contributed by atoms with Gasteiger partial charge in [-0.3, -0.25) is 4.98 Å². The van der Waals surface area contributed by atoms with E-state index >= 15 is 0 Å². The largest absolute Gasteiger partial charge is 0.477 e. The lowest BCUT2D eigenvalue weighted by atomic mass is 10.2. The van der Waals surface area contributed by atoms with E-state index in [0.29, 0.717) is 11.5 Å². The van der Waals surface area contributed by atoms with E-state index in [0.717, 1.165) is 12.0 Å². The molecular formula is C14H13NO3. The molecule has 4 nitrogen and oxygen atoms in total. The molecule has 1 aromatic carbocycles. The maximum Gasteiger partial charge on any atom is 0.341 e. The number of aromatic carboxylic acids is 1. The van der Waals surface area contributed by atoms with Gasteiger partial charge in [-0.25, -0.2) is 4.79 Å². The van der Waals surface area contributed by atoms with E-state index in [1.54, 1.807) is 12.1 Å². The third-order valence-corrected chi connectivity index (χ3v) is 2.55. The van der Waals surface area contributed by atoms with Gasteiger partial charge in [0, 0.05) is 18.5 Å². The van der Waals surface area contributed by atoms with E-state index in [1.807, 2.05) is 25.1 Å². The van der Waals surface area contributed by atoms with Gasteiger partial charge in [0.15, 0.2) is 0 Å². The summed E-state index contributed by atoms with van der Waals surface area (Å²) in [5, 5.41) is 9.02. The average Bonchev–Trinajstić information content (AvgIpc) is 2.39. The molecule has 1 N–H and O–H groups in total. The minimum absolute atomic E-state index is 0.0550. The number of aromatic nitrogens is 1. The van der Waals surface area contributed by atoms with Gasteiger partial charge in [0.1, 0.15) is 17.1 Å². The van der Waals surface area contributed by atoms with Gasteiger partial charge in [0.2, 0.25) is 0 Å². The highest BCUT2D eigenvalue weighted by Crippen LogP contribution is 2.25. The summed E-state index contributed by atoms with van der Waals surface area (Å²) in [6, 6.07) is 9.12. The molecule has 0 saturated carbocycles. The molecule has 18 heavy (non-hydrogen) atoms. The molecule has 0 spiro atoms. The normalized spacial score (nSPS) is 10.1. The molecule has 4 heteroatoms. The van der Waals surface area contributed by atoms with Crippen LogP contribution in [0.15, 0.2) is 42.7 Å². The van der Waals surface area contributed by atoms with Gasteiger partial charge in [-0.15, -0.1) is 0 Å². The Morgan fingerprint density at radius 2 is 2.22 bits per heavy atom. The van der Waals surface area contributed by atoms with Crippen LogP contribution in [-0.4, -0.2) is 16.1 Å². The van der Waals surface area contributed by atoms with E-state index in [1.165, 1.54) is 12.4 Å². The van der Waals surface area contributed by atoms with Crippen LogP contribution in [-0.2, 0) is 6.42 Å². The lowest BCUT2D eigenvalue weighted by Gasteiger charge is -2.08. The number of nitrogens with zero attached hydrogens (tertiary/aromatic N) is 1. The zero-order valence-electron chi connectivity index (χ0n) is 9.96. The van der Waals surface area contributed by atoms with Gasteiger partial charge in [0.05, 0.1) is 0 Å². The Balaban J connectivity index is 2.31. The van der Waals surface area contributed by atoms with Gasteiger partial charge in [0.25, 0.3) is 0 Å². The highest BCUT2D eigenvalue weighted by atomic mass is 16.5. The third kappa shape index (κ3) is 2.66. The number of benzene rings is 1. The van der Waals surface area contributed by atoms with Gasteiger partial charge < -0.3 is 9.84 Å². The predicted molar refractivity (Wildman–Crippen MR) is 67.1 cm³/mol. The smallest absolute Gasteiger partial charge is 0.341 e. The molecule has 0 fully saturated rings. The number of carboxylic acids is 1. The van der Waals surface area contributed by atoms with Gasteiger partial charge in [-0.2, -0.15) is 0 Å². The van der Waals surface area contributed by atoms with Crippen LogP contribution in [0.1, 0.15) is 22.8 Å². The second-order valence-electron chi connectivity index (χ2n) is 3.78. The summed E-state index contributed by atoms with van der Waals surface area (Å²) in [4.78, 5) is 14.8. The molecule has 0 unspecified atom stereocenters. The number of carboxylic acid groups (broad SMARTS) is 1. The summed E-state index contributed by atoms with van der Waals surface area (Å²) in [5.74, 6) is -0.126. The number of aryl methyl sites for hydroxylation is 1. The molecular weight excluding hydrogens is 230 g/mol. The molecule has 92 valence electrons. The molecule has 1 aromatic heterocycles. The summed E-state index contributed by atoms with van der Waals surface area (Å²) >= 11 is 0. The van der Waals surface area contributed by atoms with Crippen molar-refractivity contribution in [3.63, 3.8) is 0 Å². The minimum atomic E-state index is -1.05. The number of ether oxygens (including phenoxy) is 1. The van der Waals surface area contributed by atoms with E-state index in [-0.39, 0.29) is 5.56 Å². The van der Waals surface area contributed by atoms with Crippen LogP contribution in [0.25, 0.3) is 0 Å². The zero-order valence-corrected chi connectivity index (χ0v) is 9.96. The number of hydrogen-bond donors (Lipinski definition) is 1. The number of carbonyl (C=O) groups is 1. The second kappa shape index (κ2) is 5.31. The van der Waals surface area contributed by atoms with Gasteiger partial charge >= 0.3 is 5.97 Å². The highest BCUT2D eigenvalue weighted by Gasteiger charge is 2.11. The SMILES string of the molecule is CCc1cccc(Oc2ccncc2C(=O)O)c1. The van der Waals surface area contributed by atoms with Gasteiger partial charge in [-0.05, 0) is 24.1 Å². The van der Waals surface area contributed by atoms with Crippen molar-refractivity contribution < 1.29 is 14.6 Å². The van der Waals surface area contributed by atoms with Crippen LogP contribution in [0.2, 0.25) is 0 Å². The van der Waals surface area contributed by atoms with E-state index < -0.39 is 5.97 Å². The molecule has 0 aliphatic rings. The van der Waals surface area contributed by atoms with Crippen molar-refractivity contribution in [1.29, 1.82) is 0 Å². The number of hydrogen-bond acceptors (Lipinski definition) is 3. The fourth-order valence-corrected chi connectivity index (χ4v) is 1.59. The molecule has 1 heterocycles. The Hall–Kier alpha value is -2.36. The summed E-state index contributed by atoms with van der Waals surface area (Å²) in [5.41, 5.74) is 1.19. The highest BCUT2D eigenvalue weighted by molar-refractivity contribution is 5.90. The van der Waals surface area contributed by atoms with Crippen LogP contribution < -0.4 is 4.74 Å². The van der Waals surface area contributed by atoms with E-state index in [9.17, 15) is 4.79 Å². The van der Waals surface area contributed by atoms with Crippen molar-refractivity contribution in [3.05, 3.63) is 53.9 Å². The van der Waals surface area contributed by atoms with Crippen molar-refractivity contribution in [2.75, 3.05) is 0 Å². The minimum Gasteiger partial charge on any atom is -0.477 e. The van der Waals surface area contributed by atoms with Crippen molar-refractivity contribution in [2.24, 2.45) is 0 Å². The third-order valence-electron chi connectivity index (χ3n) is 2.55. The lowest BCUT2D eigenvalue weighted by Crippen LogP contribution is -2.00. The van der Waals surface area contributed by atoms with Crippen molar-refractivity contribution >= 4 is 5.97 Å². The first-order valence-corrected chi connectivity index (χ1v) is 5.65. The van der Waals surface area contributed by atoms with Crippen LogP contribution in [0.4, 0.5) is 0 Å². The maximum absolute atomic E-state index is 11.0. The maximum atomic E-state index is 11.0. The fraction of sp³-hybridized carbons (Fsp3) is 0.143. The van der Waals surface area contributed by atoms with E-state index in [2.05, 4.69) is 4.98 Å². The first-order chi connectivity index (χ1) is 8.70. The molecule has 0 bridgehead atoms. The van der Waals surface area contributed by atoms with Crippen LogP contribution in [0.5, 0.6) is 11.5 Å². The Labute approximate surface area is 105 Å². The Kier molecular flexibility index (Phi) is 3.57. The van der Waals surface area contributed by atoms with Crippen molar-refractivity contribution in [1.82, 2.24) is 4.98 Å². The van der Waals surface area contributed by atoms with Gasteiger partial charge in [-0.1, -0.05) is 19.1 Å². The molecule has 2 aromatic rings. The topological polar surface area (TPSA) is 59.4 Å². The average molecular weight is 243 g/mol. The zero-order chi connectivity index (χ0) is 13.0. The van der Waals surface area contributed by atoms with E-state index in [4.69, 9.17) is 9.84 Å². The quantitative estimate of drug-likeness (QED) is 0.896. The van der Waals surface area contributed by atoms with Crippen LogP contribution in [0.3, 0.4) is 0 Å². The molecule has 0 amide bonds. The first kappa shape index (κ1) is 12.1.